The molecule has 8 heteroatoms. The molecule has 2 aliphatic rings. The van der Waals surface area contributed by atoms with E-state index in [1.165, 1.54) is 15.7 Å². The highest BCUT2D eigenvalue weighted by Crippen LogP contribution is 2.45. The molecule has 1 aliphatic carbocycles. The van der Waals surface area contributed by atoms with Gasteiger partial charge < -0.3 is 15.0 Å². The second-order valence-electron chi connectivity index (χ2n) is 8.21. The Kier molecular flexibility index (Phi) is 6.15. The summed E-state index contributed by atoms with van der Waals surface area (Å²) >= 11 is 6.23. The molecule has 0 amide bonds. The molecule has 31 heavy (non-hydrogen) atoms. The summed E-state index contributed by atoms with van der Waals surface area (Å²) in [5, 5.41) is 4.36. The molecule has 0 bridgehead atoms. The SMILES string of the molecule is COc1cccc2c1CC[C@H]1CNC(CCn3c(=O)[nH]c4cccc(Cl)c4c3=O)[C@@H]21.Cl. The van der Waals surface area contributed by atoms with Gasteiger partial charge in [0.2, 0.25) is 0 Å². The van der Waals surface area contributed by atoms with Gasteiger partial charge in [-0.3, -0.25) is 9.36 Å². The van der Waals surface area contributed by atoms with Crippen LogP contribution < -0.4 is 21.3 Å². The van der Waals surface area contributed by atoms with Crippen molar-refractivity contribution >= 4 is 34.9 Å². The zero-order chi connectivity index (χ0) is 20.8. The third kappa shape index (κ3) is 3.67. The first-order valence-electron chi connectivity index (χ1n) is 10.4. The van der Waals surface area contributed by atoms with E-state index in [0.717, 1.165) is 25.1 Å². The van der Waals surface area contributed by atoms with E-state index < -0.39 is 5.69 Å². The lowest BCUT2D eigenvalue weighted by molar-refractivity contribution is 0.371. The zero-order valence-corrected chi connectivity index (χ0v) is 18.8. The van der Waals surface area contributed by atoms with E-state index in [-0.39, 0.29) is 24.0 Å². The van der Waals surface area contributed by atoms with Crippen LogP contribution in [0.3, 0.4) is 0 Å². The lowest BCUT2D eigenvalue weighted by atomic mass is 9.73. The highest BCUT2D eigenvalue weighted by Gasteiger charge is 2.40. The molecule has 164 valence electrons. The third-order valence-electron chi connectivity index (χ3n) is 6.72. The minimum absolute atomic E-state index is 0. The van der Waals surface area contributed by atoms with E-state index in [9.17, 15) is 9.59 Å². The number of rotatable bonds is 4. The number of benzene rings is 2. The van der Waals surface area contributed by atoms with Gasteiger partial charge in [-0.1, -0.05) is 29.8 Å². The third-order valence-corrected chi connectivity index (χ3v) is 7.04. The maximum atomic E-state index is 13.0. The second-order valence-corrected chi connectivity index (χ2v) is 8.61. The smallest absolute Gasteiger partial charge is 0.328 e. The van der Waals surface area contributed by atoms with Gasteiger partial charge in [0.25, 0.3) is 5.56 Å². The van der Waals surface area contributed by atoms with Gasteiger partial charge in [-0.05, 0) is 61.1 Å². The first-order valence-corrected chi connectivity index (χ1v) is 10.8. The van der Waals surface area contributed by atoms with E-state index in [1.807, 2.05) is 6.07 Å². The van der Waals surface area contributed by atoms with Gasteiger partial charge in [0.05, 0.1) is 23.0 Å². The molecule has 0 spiro atoms. The molecular formula is C23H25Cl2N3O3. The van der Waals surface area contributed by atoms with Crippen LogP contribution in [0, 0.1) is 5.92 Å². The Labute approximate surface area is 191 Å². The summed E-state index contributed by atoms with van der Waals surface area (Å²) in [7, 11) is 1.72. The quantitative estimate of drug-likeness (QED) is 0.623. The minimum Gasteiger partial charge on any atom is -0.496 e. The van der Waals surface area contributed by atoms with Gasteiger partial charge >= 0.3 is 5.69 Å². The van der Waals surface area contributed by atoms with Crippen LogP contribution >= 0.6 is 24.0 Å². The largest absolute Gasteiger partial charge is 0.496 e. The van der Waals surface area contributed by atoms with Crippen molar-refractivity contribution in [2.24, 2.45) is 5.92 Å². The molecule has 2 aromatic carbocycles. The van der Waals surface area contributed by atoms with Crippen molar-refractivity contribution in [1.82, 2.24) is 14.9 Å². The van der Waals surface area contributed by atoms with Crippen LogP contribution in [0.1, 0.15) is 29.9 Å². The van der Waals surface area contributed by atoms with Crippen LogP contribution in [0.25, 0.3) is 10.9 Å². The van der Waals surface area contributed by atoms with E-state index in [0.29, 0.717) is 40.7 Å². The van der Waals surface area contributed by atoms with Crippen molar-refractivity contribution < 1.29 is 4.74 Å². The minimum atomic E-state index is -0.393. The van der Waals surface area contributed by atoms with E-state index in [2.05, 4.69) is 22.4 Å². The Morgan fingerprint density at radius 3 is 2.81 bits per heavy atom. The van der Waals surface area contributed by atoms with Crippen molar-refractivity contribution in [3.8, 4) is 5.75 Å². The lowest BCUT2D eigenvalue weighted by Crippen LogP contribution is -2.38. The number of hydrogen-bond donors (Lipinski definition) is 2. The molecule has 1 saturated heterocycles. The Morgan fingerprint density at radius 2 is 2.00 bits per heavy atom. The topological polar surface area (TPSA) is 76.1 Å². The molecule has 3 atom stereocenters. The monoisotopic (exact) mass is 461 g/mol. The molecule has 2 N–H and O–H groups in total. The number of fused-ring (bicyclic) bond motifs is 4. The fourth-order valence-corrected chi connectivity index (χ4v) is 5.58. The Morgan fingerprint density at radius 1 is 1.19 bits per heavy atom. The fourth-order valence-electron chi connectivity index (χ4n) is 5.33. The number of aromatic nitrogens is 2. The number of hydrogen-bond acceptors (Lipinski definition) is 4. The highest BCUT2D eigenvalue weighted by atomic mass is 35.5. The van der Waals surface area contributed by atoms with Crippen LogP contribution in [-0.2, 0) is 13.0 Å². The van der Waals surface area contributed by atoms with Gasteiger partial charge in [0.15, 0.2) is 0 Å². The summed E-state index contributed by atoms with van der Waals surface area (Å²) in [5.41, 5.74) is 2.38. The Hall–Kier alpha value is -2.28. The zero-order valence-electron chi connectivity index (χ0n) is 17.2. The summed E-state index contributed by atoms with van der Waals surface area (Å²) in [6.07, 6.45) is 2.83. The standard InChI is InChI=1S/C23H24ClN3O3.ClH/c1-30-19-7-2-4-15-14(19)9-8-13-12-25-17(20(13)15)10-11-27-22(28)21-16(24)5-3-6-18(21)26-23(27)29;/h2-7,13,17,20,25H,8-12H2,1H3,(H,26,29);1H/t13-,17?,20+;/m0./s1. The first-order chi connectivity index (χ1) is 14.6. The summed E-state index contributed by atoms with van der Waals surface area (Å²) in [6.45, 7) is 1.30. The molecule has 6 nitrogen and oxygen atoms in total. The molecular weight excluding hydrogens is 437 g/mol. The number of methoxy groups -OCH3 is 1. The number of aromatic amines is 1. The van der Waals surface area contributed by atoms with Crippen LogP contribution in [-0.4, -0.2) is 29.2 Å². The maximum absolute atomic E-state index is 13.0. The summed E-state index contributed by atoms with van der Waals surface area (Å²) < 4.78 is 6.86. The average Bonchev–Trinajstić information content (AvgIpc) is 3.16. The molecule has 0 radical (unpaired) electrons. The average molecular weight is 462 g/mol. The molecule has 0 saturated carbocycles. The van der Waals surface area contributed by atoms with E-state index in [1.54, 1.807) is 25.3 Å². The maximum Gasteiger partial charge on any atom is 0.328 e. The Balaban J connectivity index is 0.00000231. The van der Waals surface area contributed by atoms with Gasteiger partial charge in [-0.2, -0.15) is 0 Å². The molecule has 1 unspecified atom stereocenters. The van der Waals surface area contributed by atoms with E-state index >= 15 is 0 Å². The number of ether oxygens (including phenoxy) is 1. The molecule has 1 aliphatic heterocycles. The van der Waals surface area contributed by atoms with Crippen molar-refractivity contribution in [1.29, 1.82) is 0 Å². The van der Waals surface area contributed by atoms with Crippen LogP contribution in [0.5, 0.6) is 5.75 Å². The molecule has 3 aromatic rings. The van der Waals surface area contributed by atoms with Crippen LogP contribution in [0.4, 0.5) is 0 Å². The number of nitrogens with one attached hydrogen (secondary N) is 2. The Bertz CT molecular complexity index is 1240. The van der Waals surface area contributed by atoms with Gasteiger partial charge in [0, 0.05) is 18.5 Å². The van der Waals surface area contributed by atoms with Crippen molar-refractivity contribution in [2.75, 3.05) is 13.7 Å². The van der Waals surface area contributed by atoms with Gasteiger partial charge in [-0.25, -0.2) is 4.79 Å². The van der Waals surface area contributed by atoms with Gasteiger partial charge in [-0.15, -0.1) is 12.4 Å². The second kappa shape index (κ2) is 8.69. The number of H-pyrrole nitrogens is 1. The lowest BCUT2D eigenvalue weighted by Gasteiger charge is -2.32. The molecule has 5 rings (SSSR count). The summed E-state index contributed by atoms with van der Waals surface area (Å²) in [4.78, 5) is 28.3. The molecule has 1 aromatic heterocycles. The first kappa shape index (κ1) is 21.9. The number of halogens is 2. The number of nitrogens with zero attached hydrogens (tertiary/aromatic N) is 1. The van der Waals surface area contributed by atoms with Crippen molar-refractivity contribution in [2.45, 2.75) is 37.8 Å². The van der Waals surface area contributed by atoms with E-state index in [4.69, 9.17) is 16.3 Å². The van der Waals surface area contributed by atoms with Crippen LogP contribution in [0.2, 0.25) is 5.02 Å². The molecule has 1 fully saturated rings. The van der Waals surface area contributed by atoms with Crippen LogP contribution in [0.15, 0.2) is 46.0 Å². The van der Waals surface area contributed by atoms with Gasteiger partial charge in [0.1, 0.15) is 5.75 Å². The summed E-state index contributed by atoms with van der Waals surface area (Å²) in [5.74, 6) is 1.88. The predicted octanol–water partition coefficient (Wildman–Crippen LogP) is 3.48. The highest BCUT2D eigenvalue weighted by molar-refractivity contribution is 6.35. The van der Waals surface area contributed by atoms with Crippen molar-refractivity contribution in [3.05, 3.63) is 73.4 Å². The van der Waals surface area contributed by atoms with Crippen molar-refractivity contribution in [3.63, 3.8) is 0 Å². The predicted molar refractivity (Wildman–Crippen MR) is 125 cm³/mol. The fraction of sp³-hybridized carbons (Fsp3) is 0.391. The molecule has 2 heterocycles. The summed E-state index contributed by atoms with van der Waals surface area (Å²) in [6, 6.07) is 11.6. The normalized spacial score (nSPS) is 21.9.